The predicted octanol–water partition coefficient (Wildman–Crippen LogP) is 6.28. The molecular formula is C32H32N4O7S2. The minimum absolute atomic E-state index is 0.0352. The van der Waals surface area contributed by atoms with E-state index < -0.39 is 37.7 Å². The van der Waals surface area contributed by atoms with Crippen molar-refractivity contribution in [2.75, 3.05) is 14.2 Å². The third-order valence-electron chi connectivity index (χ3n) is 7.53. The van der Waals surface area contributed by atoms with Gasteiger partial charge in [0.2, 0.25) is 12.3 Å². The van der Waals surface area contributed by atoms with Gasteiger partial charge in [0.1, 0.15) is 11.5 Å². The van der Waals surface area contributed by atoms with Crippen LogP contribution in [0.1, 0.15) is 38.8 Å². The molecule has 1 saturated heterocycles. The van der Waals surface area contributed by atoms with E-state index in [2.05, 4.69) is 11.1 Å². The van der Waals surface area contributed by atoms with E-state index in [0.29, 0.717) is 35.4 Å². The van der Waals surface area contributed by atoms with Gasteiger partial charge in [-0.2, -0.15) is 5.26 Å². The number of rotatable bonds is 9. The molecule has 11 nitrogen and oxygen atoms in total. The van der Waals surface area contributed by atoms with Gasteiger partial charge in [-0.05, 0) is 80.2 Å². The average Bonchev–Trinajstić information content (AvgIpc) is 3.27. The minimum atomic E-state index is -1.86. The van der Waals surface area contributed by atoms with Crippen molar-refractivity contribution >= 4 is 46.4 Å². The minimum Gasteiger partial charge on any atom is -0.481 e. The van der Waals surface area contributed by atoms with E-state index in [9.17, 15) is 24.4 Å². The molecule has 4 atom stereocenters. The number of likely N-dealkylation sites (N-methyl/N-ethyl adjacent to an activating group) is 1. The lowest BCUT2D eigenvalue weighted by molar-refractivity contribution is -0.145. The van der Waals surface area contributed by atoms with Crippen LogP contribution in [-0.2, 0) is 9.59 Å². The summed E-state index contributed by atoms with van der Waals surface area (Å²) < 4.78 is 16.2. The lowest BCUT2D eigenvalue weighted by atomic mass is 9.80. The number of nitriles is 1. The Hall–Kier alpha value is -4.54. The van der Waals surface area contributed by atoms with Crippen LogP contribution in [0.5, 0.6) is 17.4 Å². The number of para-hydroxylation sites is 2. The number of likely N-dealkylation sites (tertiary alicyclic amines) is 1. The number of hydrogen-bond acceptors (Lipinski definition) is 11. The monoisotopic (exact) mass is 648 g/mol. The van der Waals surface area contributed by atoms with E-state index in [1.54, 1.807) is 86.6 Å². The molecule has 4 rings (SSSR count). The normalized spacial score (nSPS) is 22.0. The van der Waals surface area contributed by atoms with Crippen molar-refractivity contribution in [2.24, 2.45) is 5.41 Å². The number of thioether (sulfide) groups is 2. The van der Waals surface area contributed by atoms with Gasteiger partial charge < -0.3 is 24.0 Å². The third-order valence-corrected chi connectivity index (χ3v) is 9.67. The maximum Gasteiger partial charge on any atom is 0.375 e. The smallest absolute Gasteiger partial charge is 0.375 e. The fourth-order valence-corrected chi connectivity index (χ4v) is 7.26. The molecule has 2 aromatic carbocycles. The second-order valence-corrected chi connectivity index (χ2v) is 13.6. The van der Waals surface area contributed by atoms with Gasteiger partial charge in [0.25, 0.3) is 5.91 Å². The summed E-state index contributed by atoms with van der Waals surface area (Å²) in [5, 5.41) is 8.97. The molecule has 45 heavy (non-hydrogen) atoms. The van der Waals surface area contributed by atoms with Crippen molar-refractivity contribution in [1.82, 2.24) is 14.8 Å². The standard InChI is InChI=1S/C32H32N4O7S2/c1-30(20-33)19-31(2,44-28(39)42-23-12-8-6-9-13-23)36(26(30)22-16-17-25(41-5)34-18-22)27(38)32(3,35(4)21-37)45-29(40)43-24-14-10-7-11-15-24/h6-18,21,26H,19H2,1-5H3/t26?,30-,31-,32?/m1/s1. The van der Waals surface area contributed by atoms with Gasteiger partial charge in [-0.25, -0.2) is 14.6 Å². The van der Waals surface area contributed by atoms with Crippen molar-refractivity contribution in [2.45, 2.75) is 43.0 Å². The highest BCUT2D eigenvalue weighted by atomic mass is 32.2. The Morgan fingerprint density at radius 3 is 2.09 bits per heavy atom. The molecule has 2 unspecified atom stereocenters. The highest BCUT2D eigenvalue weighted by molar-refractivity contribution is 8.15. The third kappa shape index (κ3) is 7.08. The highest BCUT2D eigenvalue weighted by Gasteiger charge is 2.63. The average molecular weight is 649 g/mol. The lowest BCUT2D eigenvalue weighted by Gasteiger charge is -2.44. The number of amides is 2. The Morgan fingerprint density at radius 2 is 1.60 bits per heavy atom. The SMILES string of the molecule is COc1ccc(C2N(C(=O)C(C)(SC(=O)Oc3ccccc3)N(C)C=O)[C@](C)(SC(=O)Oc3ccccc3)C[C@]2(C)C#N)cn1. The topological polar surface area (TPSA) is 139 Å². The van der Waals surface area contributed by atoms with Crippen molar-refractivity contribution in [1.29, 1.82) is 5.26 Å². The number of carbonyl (C=O) groups is 4. The first-order chi connectivity index (χ1) is 21.4. The second-order valence-electron chi connectivity index (χ2n) is 10.8. The van der Waals surface area contributed by atoms with Crippen LogP contribution in [0.4, 0.5) is 9.59 Å². The number of aromatic nitrogens is 1. The first kappa shape index (κ1) is 33.4. The summed E-state index contributed by atoms with van der Waals surface area (Å²) in [5.74, 6) is 0.164. The zero-order chi connectivity index (χ0) is 32.8. The van der Waals surface area contributed by atoms with Crippen LogP contribution in [-0.4, -0.2) is 61.6 Å². The quantitative estimate of drug-likeness (QED) is 0.147. The molecule has 0 bridgehead atoms. The van der Waals surface area contributed by atoms with E-state index in [-0.39, 0.29) is 12.2 Å². The molecule has 1 aromatic heterocycles. The molecular weight excluding hydrogens is 617 g/mol. The van der Waals surface area contributed by atoms with Gasteiger partial charge in [-0.3, -0.25) is 9.59 Å². The van der Waals surface area contributed by atoms with Gasteiger partial charge in [0.15, 0.2) is 4.87 Å². The number of nitrogens with zero attached hydrogens (tertiary/aromatic N) is 4. The van der Waals surface area contributed by atoms with Crippen molar-refractivity contribution in [3.05, 3.63) is 84.6 Å². The Morgan fingerprint density at radius 1 is 1.02 bits per heavy atom. The Bertz CT molecular complexity index is 1590. The first-order valence-corrected chi connectivity index (χ1v) is 15.4. The molecule has 0 radical (unpaired) electrons. The van der Waals surface area contributed by atoms with E-state index in [1.807, 2.05) is 0 Å². The summed E-state index contributed by atoms with van der Waals surface area (Å²) in [6.07, 6.45) is 1.96. The van der Waals surface area contributed by atoms with Crippen LogP contribution >= 0.6 is 23.5 Å². The second kappa shape index (κ2) is 13.6. The summed E-state index contributed by atoms with van der Waals surface area (Å²) in [7, 11) is 2.83. The van der Waals surface area contributed by atoms with Gasteiger partial charge in [-0.15, -0.1) is 0 Å². The van der Waals surface area contributed by atoms with Crippen molar-refractivity contribution in [3.8, 4) is 23.4 Å². The first-order valence-electron chi connectivity index (χ1n) is 13.7. The van der Waals surface area contributed by atoms with Crippen LogP contribution in [0, 0.1) is 16.7 Å². The molecule has 0 spiro atoms. The molecule has 1 aliphatic rings. The number of ether oxygens (including phenoxy) is 3. The van der Waals surface area contributed by atoms with Crippen molar-refractivity contribution < 1.29 is 33.4 Å². The number of pyridine rings is 1. The molecule has 0 aliphatic carbocycles. The molecule has 1 aliphatic heterocycles. The van der Waals surface area contributed by atoms with Crippen LogP contribution in [0.25, 0.3) is 0 Å². The number of carbonyl (C=O) groups excluding carboxylic acids is 4. The van der Waals surface area contributed by atoms with Crippen LogP contribution in [0.15, 0.2) is 79.0 Å². The molecule has 2 amide bonds. The summed E-state index contributed by atoms with van der Waals surface area (Å²) in [5.41, 5.74) is -0.752. The highest BCUT2D eigenvalue weighted by Crippen LogP contribution is 2.59. The van der Waals surface area contributed by atoms with E-state index in [0.717, 1.165) is 16.7 Å². The summed E-state index contributed by atoms with van der Waals surface area (Å²) >= 11 is 1.24. The molecule has 234 valence electrons. The molecule has 0 N–H and O–H groups in total. The Balaban J connectivity index is 1.80. The molecule has 3 aromatic rings. The summed E-state index contributed by atoms with van der Waals surface area (Å²) in [4.78, 5) is 57.1. The largest absolute Gasteiger partial charge is 0.481 e. The fourth-order valence-electron chi connectivity index (χ4n) is 5.27. The zero-order valence-corrected chi connectivity index (χ0v) is 27.0. The molecule has 1 fully saturated rings. The Labute approximate surface area is 269 Å². The fraction of sp³-hybridized carbons (Fsp3) is 0.312. The van der Waals surface area contributed by atoms with Gasteiger partial charge in [0.05, 0.1) is 29.5 Å². The molecule has 2 heterocycles. The Kier molecular flexibility index (Phi) is 10.1. The lowest BCUT2D eigenvalue weighted by Crippen LogP contribution is -2.59. The number of methoxy groups -OCH3 is 1. The van der Waals surface area contributed by atoms with Crippen LogP contribution in [0.2, 0.25) is 0 Å². The van der Waals surface area contributed by atoms with Crippen LogP contribution < -0.4 is 14.2 Å². The van der Waals surface area contributed by atoms with Gasteiger partial charge in [0, 0.05) is 25.7 Å². The van der Waals surface area contributed by atoms with Gasteiger partial charge >= 0.3 is 10.6 Å². The summed E-state index contributed by atoms with van der Waals surface area (Å²) in [6, 6.07) is 21.4. The van der Waals surface area contributed by atoms with E-state index >= 15 is 0 Å². The summed E-state index contributed by atoms with van der Waals surface area (Å²) in [6.45, 7) is 4.76. The van der Waals surface area contributed by atoms with Crippen LogP contribution in [0.3, 0.4) is 0 Å². The molecule has 13 heteroatoms. The van der Waals surface area contributed by atoms with Crippen molar-refractivity contribution in [3.63, 3.8) is 0 Å². The molecule has 0 saturated carbocycles. The van der Waals surface area contributed by atoms with Gasteiger partial charge in [-0.1, -0.05) is 36.4 Å². The maximum atomic E-state index is 14.9. The predicted molar refractivity (Wildman–Crippen MR) is 169 cm³/mol. The zero-order valence-electron chi connectivity index (χ0n) is 25.3. The van der Waals surface area contributed by atoms with E-state index in [4.69, 9.17) is 14.2 Å². The number of benzene rings is 2. The van der Waals surface area contributed by atoms with E-state index in [1.165, 1.54) is 32.2 Å². The number of hydrogen-bond donors (Lipinski definition) is 0. The maximum absolute atomic E-state index is 14.9.